The van der Waals surface area contributed by atoms with E-state index in [0.29, 0.717) is 17.0 Å². The maximum absolute atomic E-state index is 13.1. The van der Waals surface area contributed by atoms with Crippen molar-refractivity contribution in [3.8, 4) is 11.1 Å². The first-order valence-corrected chi connectivity index (χ1v) is 10.0. The highest BCUT2D eigenvalue weighted by atomic mass is 32.1. The fourth-order valence-electron chi connectivity index (χ4n) is 3.06. The maximum atomic E-state index is 13.1. The van der Waals surface area contributed by atoms with Crippen LogP contribution in [0.2, 0.25) is 0 Å². The molecule has 0 amide bonds. The number of nitrogens with one attached hydrogen (secondary N) is 2. The van der Waals surface area contributed by atoms with Crippen molar-refractivity contribution in [2.24, 2.45) is 0 Å². The zero-order chi connectivity index (χ0) is 19.5. The Hall–Kier alpha value is -3.03. The number of thiophene rings is 1. The number of rotatable bonds is 4. The summed E-state index contributed by atoms with van der Waals surface area (Å²) in [5.74, 6) is 0. The van der Waals surface area contributed by atoms with Gasteiger partial charge in [0.15, 0.2) is 5.11 Å². The van der Waals surface area contributed by atoms with Gasteiger partial charge in [-0.05, 0) is 30.3 Å². The van der Waals surface area contributed by atoms with Gasteiger partial charge in [0.2, 0.25) is 0 Å². The molecule has 0 fully saturated rings. The molecular weight excluding hydrogens is 388 g/mol. The normalized spacial score (nSPS) is 10.8. The van der Waals surface area contributed by atoms with Gasteiger partial charge >= 0.3 is 0 Å². The van der Waals surface area contributed by atoms with Crippen molar-refractivity contribution in [1.82, 2.24) is 15.0 Å². The highest BCUT2D eigenvalue weighted by molar-refractivity contribution is 7.80. The van der Waals surface area contributed by atoms with Gasteiger partial charge in [0.05, 0.1) is 5.39 Å². The Morgan fingerprint density at radius 2 is 1.79 bits per heavy atom. The first kappa shape index (κ1) is 18.3. The third-order valence-electron chi connectivity index (χ3n) is 4.37. The minimum atomic E-state index is -0.169. The minimum absolute atomic E-state index is 0.169. The Balaban J connectivity index is 1.63. The number of aromatic nitrogens is 2. The van der Waals surface area contributed by atoms with Crippen molar-refractivity contribution >= 4 is 38.9 Å². The number of hydrogen-bond acceptors (Lipinski definition) is 4. The SMILES string of the molecule is Cc1sc2ncn(NC(=S)NCc3ccccc3)c(=O)c2c1-c1ccccc1. The molecular formula is C21H18N4OS2. The van der Waals surface area contributed by atoms with Crippen molar-refractivity contribution < 1.29 is 0 Å². The topological polar surface area (TPSA) is 59.0 Å². The highest BCUT2D eigenvalue weighted by Crippen LogP contribution is 2.35. The average Bonchev–Trinajstić information content (AvgIpc) is 3.07. The molecule has 2 aromatic heterocycles. The Labute approximate surface area is 171 Å². The fraction of sp³-hybridized carbons (Fsp3) is 0.0952. The first-order valence-electron chi connectivity index (χ1n) is 8.78. The second-order valence-electron chi connectivity index (χ2n) is 6.28. The van der Waals surface area contributed by atoms with E-state index in [0.717, 1.165) is 26.4 Å². The summed E-state index contributed by atoms with van der Waals surface area (Å²) < 4.78 is 1.33. The molecule has 0 atom stereocenters. The molecule has 4 rings (SSSR count). The molecule has 140 valence electrons. The van der Waals surface area contributed by atoms with Gasteiger partial charge in [-0.3, -0.25) is 10.2 Å². The molecule has 7 heteroatoms. The quantitative estimate of drug-likeness (QED) is 0.501. The number of fused-ring (bicyclic) bond motifs is 1. The van der Waals surface area contributed by atoms with Crippen LogP contribution in [0.15, 0.2) is 71.8 Å². The Kier molecular flexibility index (Phi) is 5.18. The lowest BCUT2D eigenvalue weighted by Gasteiger charge is -2.12. The Morgan fingerprint density at radius 3 is 2.50 bits per heavy atom. The molecule has 0 spiro atoms. The smallest absolute Gasteiger partial charge is 0.281 e. The van der Waals surface area contributed by atoms with E-state index >= 15 is 0 Å². The van der Waals surface area contributed by atoms with Gasteiger partial charge < -0.3 is 5.32 Å². The second-order valence-corrected chi connectivity index (χ2v) is 7.89. The zero-order valence-electron chi connectivity index (χ0n) is 15.2. The molecule has 0 aliphatic rings. The standard InChI is InChI=1S/C21H18N4OS2/c1-14-17(16-10-6-3-7-11-16)18-19(28-14)23-13-25(20(18)26)24-21(27)22-12-15-8-4-2-5-9-15/h2-11,13H,12H2,1H3,(H2,22,24,27). The Morgan fingerprint density at radius 1 is 1.11 bits per heavy atom. The molecule has 0 bridgehead atoms. The molecule has 0 saturated carbocycles. The summed E-state index contributed by atoms with van der Waals surface area (Å²) in [6.07, 6.45) is 1.48. The summed E-state index contributed by atoms with van der Waals surface area (Å²) >= 11 is 6.86. The maximum Gasteiger partial charge on any atom is 0.281 e. The van der Waals surface area contributed by atoms with E-state index in [9.17, 15) is 4.79 Å². The molecule has 2 N–H and O–H groups in total. The Bertz CT molecular complexity index is 1180. The molecule has 0 saturated heterocycles. The monoisotopic (exact) mass is 406 g/mol. The van der Waals surface area contributed by atoms with E-state index in [1.807, 2.05) is 67.6 Å². The van der Waals surface area contributed by atoms with E-state index in [1.54, 1.807) is 0 Å². The summed E-state index contributed by atoms with van der Waals surface area (Å²) in [5, 5.41) is 4.08. The number of thiocarbonyl (C=S) groups is 1. The predicted octanol–water partition coefficient (Wildman–Crippen LogP) is 4.05. The lowest BCUT2D eigenvalue weighted by Crippen LogP contribution is -2.39. The van der Waals surface area contributed by atoms with Gasteiger partial charge in [-0.25, -0.2) is 9.66 Å². The van der Waals surface area contributed by atoms with Crippen molar-refractivity contribution in [3.05, 3.63) is 87.8 Å². The molecule has 2 aromatic carbocycles. The number of aryl methyl sites for hydroxylation is 1. The van der Waals surface area contributed by atoms with Crippen LogP contribution in [0.5, 0.6) is 0 Å². The van der Waals surface area contributed by atoms with Crippen LogP contribution in [0.25, 0.3) is 21.3 Å². The minimum Gasteiger partial charge on any atom is -0.357 e. The number of nitrogens with zero attached hydrogens (tertiary/aromatic N) is 2. The number of benzene rings is 2. The highest BCUT2D eigenvalue weighted by Gasteiger charge is 2.17. The van der Waals surface area contributed by atoms with Crippen molar-refractivity contribution in [3.63, 3.8) is 0 Å². The van der Waals surface area contributed by atoms with Crippen LogP contribution >= 0.6 is 23.6 Å². The van der Waals surface area contributed by atoms with Crippen LogP contribution in [0.4, 0.5) is 0 Å². The van der Waals surface area contributed by atoms with E-state index in [4.69, 9.17) is 12.2 Å². The van der Waals surface area contributed by atoms with Gasteiger partial charge in [-0.1, -0.05) is 60.7 Å². The summed E-state index contributed by atoms with van der Waals surface area (Å²) in [6, 6.07) is 19.8. The van der Waals surface area contributed by atoms with Crippen LogP contribution in [0, 0.1) is 6.92 Å². The third-order valence-corrected chi connectivity index (χ3v) is 5.62. The van der Waals surface area contributed by atoms with Crippen LogP contribution in [0.3, 0.4) is 0 Å². The second kappa shape index (κ2) is 7.92. The van der Waals surface area contributed by atoms with Gasteiger partial charge in [-0.2, -0.15) is 0 Å². The molecule has 0 radical (unpaired) electrons. The van der Waals surface area contributed by atoms with Crippen LogP contribution in [-0.2, 0) is 6.54 Å². The average molecular weight is 407 g/mol. The van der Waals surface area contributed by atoms with Crippen molar-refractivity contribution in [1.29, 1.82) is 0 Å². The first-order chi connectivity index (χ1) is 13.6. The van der Waals surface area contributed by atoms with Crippen LogP contribution in [0.1, 0.15) is 10.4 Å². The summed E-state index contributed by atoms with van der Waals surface area (Å²) in [6.45, 7) is 2.59. The van der Waals surface area contributed by atoms with Crippen molar-refractivity contribution in [2.75, 3.05) is 5.43 Å². The molecule has 0 aliphatic carbocycles. The third kappa shape index (κ3) is 3.67. The predicted molar refractivity (Wildman–Crippen MR) is 119 cm³/mol. The molecule has 28 heavy (non-hydrogen) atoms. The van der Waals surface area contributed by atoms with E-state index in [2.05, 4.69) is 15.7 Å². The molecule has 5 nitrogen and oxygen atoms in total. The van der Waals surface area contributed by atoms with Crippen molar-refractivity contribution in [2.45, 2.75) is 13.5 Å². The largest absolute Gasteiger partial charge is 0.357 e. The fourth-order valence-corrected chi connectivity index (χ4v) is 4.24. The molecule has 0 unspecified atom stereocenters. The lowest BCUT2D eigenvalue weighted by molar-refractivity contribution is 0.854. The van der Waals surface area contributed by atoms with E-state index in [-0.39, 0.29) is 5.56 Å². The van der Waals surface area contributed by atoms with E-state index < -0.39 is 0 Å². The number of hydrogen-bond donors (Lipinski definition) is 2. The van der Waals surface area contributed by atoms with Gasteiger partial charge in [0.25, 0.3) is 5.56 Å². The summed E-state index contributed by atoms with van der Waals surface area (Å²) in [4.78, 5) is 19.4. The zero-order valence-corrected chi connectivity index (χ0v) is 16.8. The molecule has 4 aromatic rings. The lowest BCUT2D eigenvalue weighted by atomic mass is 10.0. The summed E-state index contributed by atoms with van der Waals surface area (Å²) in [7, 11) is 0. The van der Waals surface area contributed by atoms with Gasteiger partial charge in [0, 0.05) is 17.0 Å². The van der Waals surface area contributed by atoms with Gasteiger partial charge in [0.1, 0.15) is 11.2 Å². The van der Waals surface area contributed by atoms with Gasteiger partial charge in [-0.15, -0.1) is 11.3 Å². The van der Waals surface area contributed by atoms with Crippen LogP contribution in [-0.4, -0.2) is 14.8 Å². The van der Waals surface area contributed by atoms with E-state index in [1.165, 1.54) is 22.3 Å². The molecule has 0 aliphatic heterocycles. The molecule has 2 heterocycles. The van der Waals surface area contributed by atoms with Crippen LogP contribution < -0.4 is 16.3 Å². The summed E-state index contributed by atoms with van der Waals surface area (Å²) in [5.41, 5.74) is 5.80.